The van der Waals surface area contributed by atoms with Crippen molar-refractivity contribution in [1.82, 2.24) is 18.3 Å². The predicted octanol–water partition coefficient (Wildman–Crippen LogP) is 35.8. The van der Waals surface area contributed by atoms with Crippen LogP contribution in [0.1, 0.15) is 0 Å². The lowest BCUT2D eigenvalue weighted by Crippen LogP contribution is -1.95. The van der Waals surface area contributed by atoms with Crippen molar-refractivity contribution in [3.8, 4) is 156 Å². The van der Waals surface area contributed by atoms with Crippen LogP contribution in [0.25, 0.3) is 243 Å². The summed E-state index contributed by atoms with van der Waals surface area (Å²) in [5.74, 6) is 0. The molecule has 0 aliphatic carbocycles. The molecular weight excluding hydrogens is 1640 g/mol. The van der Waals surface area contributed by atoms with Crippen LogP contribution in [-0.4, -0.2) is 18.3 Å². The molecule has 4 heteroatoms. The van der Waals surface area contributed by atoms with Gasteiger partial charge in [-0.2, -0.15) is 0 Å². The first kappa shape index (κ1) is 80.1. The summed E-state index contributed by atoms with van der Waals surface area (Å²) in [5.41, 5.74) is 43.0. The van der Waals surface area contributed by atoms with Crippen molar-refractivity contribution in [1.29, 1.82) is 0 Å². The number of aromatic nitrogens is 4. The second-order valence-corrected chi connectivity index (χ2v) is 35.3. The maximum atomic E-state index is 2.44. The molecule has 22 aromatic carbocycles. The summed E-state index contributed by atoms with van der Waals surface area (Å²) < 4.78 is 9.68. The van der Waals surface area contributed by atoms with Gasteiger partial charge in [-0.1, -0.05) is 400 Å². The van der Waals surface area contributed by atoms with E-state index in [9.17, 15) is 0 Å². The van der Waals surface area contributed by atoms with Crippen LogP contribution in [0.15, 0.2) is 534 Å². The number of hydrogen-bond donors (Lipinski definition) is 0. The van der Waals surface area contributed by atoms with Gasteiger partial charge in [0.05, 0.1) is 44.1 Å². The van der Waals surface area contributed by atoms with Gasteiger partial charge < -0.3 is 18.3 Å². The van der Waals surface area contributed by atoms with Gasteiger partial charge in [0.15, 0.2) is 0 Å². The third-order valence-electron chi connectivity index (χ3n) is 27.5. The lowest BCUT2D eigenvalue weighted by Gasteiger charge is -2.17. The molecule has 26 rings (SSSR count). The van der Waals surface area contributed by atoms with Crippen LogP contribution in [-0.2, 0) is 0 Å². The first-order chi connectivity index (χ1) is 67.5. The van der Waals surface area contributed by atoms with E-state index in [-0.39, 0.29) is 0 Å². The van der Waals surface area contributed by atoms with Crippen molar-refractivity contribution in [3.63, 3.8) is 0 Å². The van der Waals surface area contributed by atoms with Gasteiger partial charge in [0.25, 0.3) is 0 Å². The second kappa shape index (κ2) is 34.4. The molecule has 0 unspecified atom stereocenters. The first-order valence-corrected chi connectivity index (χ1v) is 46.8. The zero-order valence-electron chi connectivity index (χ0n) is 74.6. The fraction of sp³-hybridized carbons (Fsp3) is 0. The van der Waals surface area contributed by atoms with Crippen molar-refractivity contribution in [3.05, 3.63) is 534 Å². The Hall–Kier alpha value is -18.0. The summed E-state index contributed by atoms with van der Waals surface area (Å²) >= 11 is 0. The Morgan fingerprint density at radius 1 is 0.103 bits per heavy atom. The van der Waals surface area contributed by atoms with Gasteiger partial charge >= 0.3 is 0 Å². The molecule has 0 saturated carbocycles. The van der Waals surface area contributed by atoms with Crippen LogP contribution >= 0.6 is 0 Å². The topological polar surface area (TPSA) is 19.7 Å². The average Bonchev–Trinajstić information content (AvgIpc) is 1.60. The highest BCUT2D eigenvalue weighted by Gasteiger charge is 2.25. The van der Waals surface area contributed by atoms with Crippen LogP contribution in [0.5, 0.6) is 0 Å². The Kier molecular flexibility index (Phi) is 20.3. The van der Waals surface area contributed by atoms with Crippen molar-refractivity contribution < 1.29 is 0 Å². The first-order valence-electron chi connectivity index (χ1n) is 46.8. The molecule has 4 nitrogen and oxygen atoms in total. The highest BCUT2D eigenvalue weighted by Crippen LogP contribution is 2.49. The van der Waals surface area contributed by atoms with Gasteiger partial charge in [0.2, 0.25) is 0 Å². The van der Waals surface area contributed by atoms with Gasteiger partial charge in [-0.05, 0) is 256 Å². The fourth-order valence-corrected chi connectivity index (χ4v) is 21.2. The van der Waals surface area contributed by atoms with Crippen LogP contribution < -0.4 is 0 Å². The summed E-state index contributed by atoms with van der Waals surface area (Å²) in [6, 6.07) is 195. The average molecular weight is 1730 g/mol. The summed E-state index contributed by atoms with van der Waals surface area (Å²) in [6.45, 7) is 0. The maximum Gasteiger partial charge on any atom is 0.0619 e. The zero-order valence-corrected chi connectivity index (χ0v) is 74.6. The molecule has 0 bridgehead atoms. The Morgan fingerprint density at radius 3 is 0.699 bits per heavy atom. The Balaban J connectivity index is 0.000000145. The number of fused-ring (bicyclic) bond motifs is 12. The highest BCUT2D eigenvalue weighted by atomic mass is 15.0. The highest BCUT2D eigenvalue weighted by molar-refractivity contribution is 6.19. The van der Waals surface area contributed by atoms with Crippen LogP contribution in [0.3, 0.4) is 0 Å². The third-order valence-corrected chi connectivity index (χ3v) is 27.5. The van der Waals surface area contributed by atoms with Crippen molar-refractivity contribution in [2.45, 2.75) is 0 Å². The van der Waals surface area contributed by atoms with E-state index in [4.69, 9.17) is 0 Å². The van der Waals surface area contributed by atoms with Gasteiger partial charge in [0, 0.05) is 77.0 Å². The van der Waals surface area contributed by atoms with Crippen LogP contribution in [0.2, 0.25) is 0 Å². The minimum absolute atomic E-state index is 1.15. The fourth-order valence-electron chi connectivity index (χ4n) is 21.2. The quantitative estimate of drug-likeness (QED) is 0.0919. The molecule has 0 radical (unpaired) electrons. The van der Waals surface area contributed by atoms with Crippen LogP contribution in [0, 0.1) is 0 Å². The summed E-state index contributed by atoms with van der Waals surface area (Å²) in [6.07, 6.45) is 0. The minimum Gasteiger partial charge on any atom is -0.309 e. The molecule has 636 valence electrons. The third kappa shape index (κ3) is 14.3. The molecule has 0 atom stereocenters. The van der Waals surface area contributed by atoms with Crippen molar-refractivity contribution >= 4 is 87.2 Å². The smallest absolute Gasteiger partial charge is 0.0619 e. The number of benzene rings is 22. The van der Waals surface area contributed by atoms with E-state index < -0.39 is 0 Å². The number of hydrogen-bond acceptors (Lipinski definition) is 0. The molecule has 0 amide bonds. The lowest BCUT2D eigenvalue weighted by molar-refractivity contribution is 1.18. The molecular formula is C132H88N4. The predicted molar refractivity (Wildman–Crippen MR) is 575 cm³/mol. The summed E-state index contributed by atoms with van der Waals surface area (Å²) in [5, 5.41) is 9.92. The summed E-state index contributed by atoms with van der Waals surface area (Å²) in [7, 11) is 0. The SMILES string of the molecule is c1ccc(-c2ccc3c(c2)c2cc(-c4cccc(-c5cccc(-c6cccc(-c7ccc8c(c7)c7c(-c9ccccc9)cccc7n8-c7ccccc7)c6)c5)c4)ccc2n3-c2ccccc2)cc1.c1ccc(-c2cccc3c4cc(-c5ccccc5-c5ccccc5-c5ccccc5-c5ccc6c(c5)c5cccc(-c7ccccc7)c5n6-c5ccccc5)ccc4n(-c4ccccc4)c23)cc1. The van der Waals surface area contributed by atoms with Crippen molar-refractivity contribution in [2.75, 3.05) is 0 Å². The van der Waals surface area contributed by atoms with Gasteiger partial charge in [-0.15, -0.1) is 0 Å². The Bertz CT molecular complexity index is 8780. The standard InChI is InChI=1S/2C66H44N2/c1-5-17-45(18-6-1)53-33-36-62-59(42-53)60-43-54(34-37-63(60)67(62)56-27-9-3-10-28-56)51-25-14-23-49(40-51)47-21-13-22-48(39-47)50-24-15-26-52(41-50)55-35-38-64-61(44-55)66-58(46-19-7-2-8-20-46)31-16-32-65(66)68(64)57-29-11-4-12-30-57;1-5-21-45(22-6-1)53-35-19-37-59-61-43-47(39-41-63(61)67(65(53)59)49-25-9-3-10-26-49)51-29-13-15-31-55(51)57-33-17-18-34-58(57)56-32-16-14-30-52(56)48-40-42-64-62(44-48)60-38-20-36-54(46-23-7-2-8-24-46)66(60)68(64)50-27-11-4-12-28-50/h2*1-44H. The molecule has 0 N–H and O–H groups in total. The number of rotatable bonds is 16. The molecule has 136 heavy (non-hydrogen) atoms. The van der Waals surface area contributed by atoms with Crippen LogP contribution in [0.4, 0.5) is 0 Å². The zero-order chi connectivity index (χ0) is 89.9. The molecule has 0 saturated heterocycles. The number of para-hydroxylation sites is 6. The van der Waals surface area contributed by atoms with Crippen molar-refractivity contribution in [2.24, 2.45) is 0 Å². The maximum absolute atomic E-state index is 2.44. The molecule has 0 spiro atoms. The normalized spacial score (nSPS) is 11.5. The Labute approximate surface area is 790 Å². The van der Waals surface area contributed by atoms with E-state index in [1.807, 2.05) is 0 Å². The minimum atomic E-state index is 1.15. The molecule has 0 aliphatic heterocycles. The van der Waals surface area contributed by atoms with E-state index in [2.05, 4.69) is 552 Å². The second-order valence-electron chi connectivity index (χ2n) is 35.3. The molecule has 4 heterocycles. The molecule has 4 aromatic heterocycles. The van der Waals surface area contributed by atoms with E-state index in [0.29, 0.717) is 0 Å². The largest absolute Gasteiger partial charge is 0.309 e. The summed E-state index contributed by atoms with van der Waals surface area (Å²) in [4.78, 5) is 0. The van der Waals surface area contributed by atoms with E-state index in [0.717, 1.165) is 22.7 Å². The molecule has 0 aliphatic rings. The van der Waals surface area contributed by atoms with E-state index in [1.165, 1.54) is 221 Å². The Morgan fingerprint density at radius 2 is 0.324 bits per heavy atom. The van der Waals surface area contributed by atoms with E-state index >= 15 is 0 Å². The van der Waals surface area contributed by atoms with Gasteiger partial charge in [0.1, 0.15) is 0 Å². The van der Waals surface area contributed by atoms with Gasteiger partial charge in [-0.3, -0.25) is 0 Å². The number of nitrogens with zero attached hydrogens (tertiary/aromatic N) is 4. The van der Waals surface area contributed by atoms with E-state index in [1.54, 1.807) is 0 Å². The molecule has 26 aromatic rings. The molecule has 0 fully saturated rings. The van der Waals surface area contributed by atoms with Gasteiger partial charge in [-0.25, -0.2) is 0 Å². The monoisotopic (exact) mass is 1730 g/mol. The lowest BCUT2D eigenvalue weighted by atomic mass is 9.86.